The van der Waals surface area contributed by atoms with E-state index in [-0.39, 0.29) is 0 Å². The van der Waals surface area contributed by atoms with Crippen LogP contribution in [0, 0.1) is 3.57 Å². The van der Waals surface area contributed by atoms with E-state index >= 15 is 0 Å². The third-order valence-corrected chi connectivity index (χ3v) is 4.06. The Morgan fingerprint density at radius 2 is 2.11 bits per heavy atom. The van der Waals surface area contributed by atoms with Crippen LogP contribution in [0.3, 0.4) is 0 Å². The number of nitrogens with one attached hydrogen (secondary N) is 1. The van der Waals surface area contributed by atoms with Crippen molar-refractivity contribution in [3.63, 3.8) is 0 Å². The van der Waals surface area contributed by atoms with Crippen molar-refractivity contribution in [2.24, 2.45) is 5.10 Å². The van der Waals surface area contributed by atoms with Crippen LogP contribution >= 0.6 is 33.9 Å². The second kappa shape index (κ2) is 7.00. The Hall–Kier alpha value is -0.950. The maximum absolute atomic E-state index is 4.54. The van der Waals surface area contributed by atoms with Gasteiger partial charge in [0.1, 0.15) is 0 Å². The normalized spacial score (nSPS) is 11.6. The summed E-state index contributed by atoms with van der Waals surface area (Å²) < 4.78 is 1.23. The van der Waals surface area contributed by atoms with Gasteiger partial charge >= 0.3 is 0 Å². The SMILES string of the molecule is CCC/C(C)=N\Nc1nc(-c2ccc(I)cc2)cs1. The Morgan fingerprint density at radius 3 is 2.79 bits per heavy atom. The van der Waals surface area contributed by atoms with Gasteiger partial charge in [-0.1, -0.05) is 25.5 Å². The first-order valence-corrected chi connectivity index (χ1v) is 8.15. The zero-order valence-corrected chi connectivity index (χ0v) is 14.0. The second-order valence-corrected chi connectivity index (χ2v) is 6.36. The van der Waals surface area contributed by atoms with Crippen molar-refractivity contribution in [2.75, 3.05) is 5.43 Å². The van der Waals surface area contributed by atoms with Crippen LogP contribution in [0.25, 0.3) is 11.3 Å². The number of thiazole rings is 1. The zero-order chi connectivity index (χ0) is 13.7. The molecule has 0 aliphatic heterocycles. The topological polar surface area (TPSA) is 37.3 Å². The van der Waals surface area contributed by atoms with Crippen LogP contribution in [-0.4, -0.2) is 10.7 Å². The van der Waals surface area contributed by atoms with Gasteiger partial charge in [0.15, 0.2) is 0 Å². The number of aromatic nitrogens is 1. The predicted octanol–water partition coefficient (Wildman–Crippen LogP) is 5.00. The molecule has 100 valence electrons. The number of nitrogens with zero attached hydrogens (tertiary/aromatic N) is 2. The third kappa shape index (κ3) is 4.28. The number of benzene rings is 1. The monoisotopic (exact) mass is 385 g/mol. The van der Waals surface area contributed by atoms with E-state index in [1.807, 2.05) is 6.92 Å². The highest BCUT2D eigenvalue weighted by Gasteiger charge is 2.03. The highest BCUT2D eigenvalue weighted by molar-refractivity contribution is 14.1. The molecule has 0 saturated carbocycles. The van der Waals surface area contributed by atoms with Crippen LogP contribution in [-0.2, 0) is 0 Å². The van der Waals surface area contributed by atoms with Crippen LogP contribution in [0.5, 0.6) is 0 Å². The van der Waals surface area contributed by atoms with Crippen LogP contribution < -0.4 is 5.43 Å². The van der Waals surface area contributed by atoms with E-state index in [1.165, 1.54) is 3.57 Å². The quantitative estimate of drug-likeness (QED) is 0.447. The van der Waals surface area contributed by atoms with Gasteiger partial charge in [-0.2, -0.15) is 5.10 Å². The van der Waals surface area contributed by atoms with E-state index in [9.17, 15) is 0 Å². The molecule has 5 heteroatoms. The smallest absolute Gasteiger partial charge is 0.203 e. The number of hydrazone groups is 1. The molecule has 2 aromatic rings. The Kier molecular flexibility index (Phi) is 5.33. The number of halogens is 1. The fourth-order valence-corrected chi connectivity index (χ4v) is 2.66. The molecule has 0 bridgehead atoms. The van der Waals surface area contributed by atoms with Crippen molar-refractivity contribution >= 4 is 44.8 Å². The molecule has 0 unspecified atom stereocenters. The molecule has 1 heterocycles. The molecule has 1 aromatic heterocycles. The number of hydrogen-bond acceptors (Lipinski definition) is 4. The molecule has 0 saturated heterocycles. The summed E-state index contributed by atoms with van der Waals surface area (Å²) in [5.74, 6) is 0. The van der Waals surface area contributed by atoms with Gasteiger partial charge in [0.05, 0.1) is 5.69 Å². The van der Waals surface area contributed by atoms with Crippen molar-refractivity contribution in [3.8, 4) is 11.3 Å². The number of anilines is 1. The largest absolute Gasteiger partial charge is 0.253 e. The molecule has 19 heavy (non-hydrogen) atoms. The summed E-state index contributed by atoms with van der Waals surface area (Å²) in [6.45, 7) is 4.18. The van der Waals surface area contributed by atoms with Gasteiger partial charge < -0.3 is 0 Å². The van der Waals surface area contributed by atoms with Crippen molar-refractivity contribution in [1.82, 2.24) is 4.98 Å². The van der Waals surface area contributed by atoms with E-state index in [2.05, 4.69) is 74.7 Å². The number of rotatable bonds is 5. The summed E-state index contributed by atoms with van der Waals surface area (Å²) in [4.78, 5) is 4.54. The van der Waals surface area contributed by atoms with Crippen molar-refractivity contribution in [1.29, 1.82) is 0 Å². The average Bonchev–Trinajstić information content (AvgIpc) is 2.86. The highest BCUT2D eigenvalue weighted by atomic mass is 127. The van der Waals surface area contributed by atoms with E-state index in [4.69, 9.17) is 0 Å². The first-order chi connectivity index (χ1) is 9.19. The molecule has 0 spiro atoms. The summed E-state index contributed by atoms with van der Waals surface area (Å²) >= 11 is 3.88. The lowest BCUT2D eigenvalue weighted by atomic mass is 10.2. The van der Waals surface area contributed by atoms with E-state index < -0.39 is 0 Å². The minimum atomic E-state index is 0.837. The lowest BCUT2D eigenvalue weighted by molar-refractivity contribution is 0.983. The molecule has 0 radical (unpaired) electrons. The fourth-order valence-electron chi connectivity index (χ4n) is 1.64. The molecule has 1 N–H and O–H groups in total. The summed E-state index contributed by atoms with van der Waals surface area (Å²) in [5, 5.41) is 7.21. The Morgan fingerprint density at radius 1 is 1.37 bits per heavy atom. The molecular formula is C14H16IN3S. The molecule has 0 aliphatic rings. The Bertz CT molecular complexity index is 560. The maximum atomic E-state index is 4.54. The minimum Gasteiger partial charge on any atom is -0.253 e. The third-order valence-electron chi connectivity index (χ3n) is 2.60. The second-order valence-electron chi connectivity index (χ2n) is 4.25. The summed E-state index contributed by atoms with van der Waals surface area (Å²) in [7, 11) is 0. The zero-order valence-electron chi connectivity index (χ0n) is 11.0. The van der Waals surface area contributed by atoms with Gasteiger partial charge in [0.25, 0.3) is 0 Å². The van der Waals surface area contributed by atoms with Crippen molar-refractivity contribution in [3.05, 3.63) is 33.2 Å². The lowest BCUT2D eigenvalue weighted by Gasteiger charge is -1.98. The molecule has 0 amide bonds. The Balaban J connectivity index is 2.07. The van der Waals surface area contributed by atoms with Gasteiger partial charge in [-0.25, -0.2) is 4.98 Å². The van der Waals surface area contributed by atoms with E-state index in [0.717, 1.165) is 34.9 Å². The van der Waals surface area contributed by atoms with Crippen LogP contribution in [0.15, 0.2) is 34.7 Å². The van der Waals surface area contributed by atoms with Crippen LogP contribution in [0.2, 0.25) is 0 Å². The first kappa shape index (κ1) is 14.5. The molecule has 0 atom stereocenters. The standard InChI is InChI=1S/C14H16IN3S/c1-3-4-10(2)17-18-14-16-13(9-19-14)11-5-7-12(15)8-6-11/h5-9H,3-4H2,1-2H3,(H,16,18)/b17-10-. The van der Waals surface area contributed by atoms with E-state index in [1.54, 1.807) is 11.3 Å². The van der Waals surface area contributed by atoms with Crippen molar-refractivity contribution in [2.45, 2.75) is 26.7 Å². The van der Waals surface area contributed by atoms with E-state index in [0.29, 0.717) is 0 Å². The molecule has 1 aromatic carbocycles. The number of hydrogen-bond donors (Lipinski definition) is 1. The van der Waals surface area contributed by atoms with Crippen LogP contribution in [0.4, 0.5) is 5.13 Å². The lowest BCUT2D eigenvalue weighted by Crippen LogP contribution is -1.96. The average molecular weight is 385 g/mol. The van der Waals surface area contributed by atoms with Gasteiger partial charge in [0, 0.05) is 20.2 Å². The molecule has 3 nitrogen and oxygen atoms in total. The van der Waals surface area contributed by atoms with Crippen LogP contribution in [0.1, 0.15) is 26.7 Å². The fraction of sp³-hybridized carbons (Fsp3) is 0.286. The summed E-state index contributed by atoms with van der Waals surface area (Å²) in [6, 6.07) is 8.36. The molecular weight excluding hydrogens is 369 g/mol. The Labute approximate surface area is 131 Å². The molecule has 0 aliphatic carbocycles. The molecule has 0 fully saturated rings. The predicted molar refractivity (Wildman–Crippen MR) is 91.9 cm³/mol. The summed E-state index contributed by atoms with van der Waals surface area (Å²) in [5.41, 5.74) is 6.26. The van der Waals surface area contributed by atoms with Crippen molar-refractivity contribution < 1.29 is 0 Å². The van der Waals surface area contributed by atoms with Gasteiger partial charge in [-0.3, -0.25) is 5.43 Å². The van der Waals surface area contributed by atoms with Gasteiger partial charge in [0.2, 0.25) is 5.13 Å². The highest BCUT2D eigenvalue weighted by Crippen LogP contribution is 2.25. The minimum absolute atomic E-state index is 0.837. The molecule has 2 rings (SSSR count). The summed E-state index contributed by atoms with van der Waals surface area (Å²) in [6.07, 6.45) is 2.13. The maximum Gasteiger partial charge on any atom is 0.203 e. The first-order valence-electron chi connectivity index (χ1n) is 6.19. The van der Waals surface area contributed by atoms with Gasteiger partial charge in [-0.15, -0.1) is 11.3 Å². The van der Waals surface area contributed by atoms with Gasteiger partial charge in [-0.05, 0) is 48.1 Å².